The number of ether oxygens (including phenoxy) is 1. The Bertz CT molecular complexity index is 913. The number of hydrazone groups is 1. The van der Waals surface area contributed by atoms with E-state index in [1.165, 1.54) is 24.3 Å². The van der Waals surface area contributed by atoms with Gasteiger partial charge in [-0.2, -0.15) is 18.4 Å². The lowest BCUT2D eigenvalue weighted by Crippen LogP contribution is -2.20. The molecule has 26 heavy (non-hydrogen) atoms. The smallest absolute Gasteiger partial charge is 0.276 e. The highest BCUT2D eigenvalue weighted by molar-refractivity contribution is 7.89. The molecule has 2 N–H and O–H groups in total. The molecule has 2 aromatic carbocycles. The molecule has 0 amide bonds. The highest BCUT2D eigenvalue weighted by Crippen LogP contribution is 2.32. The summed E-state index contributed by atoms with van der Waals surface area (Å²) < 4.78 is 30.1. The van der Waals surface area contributed by atoms with Gasteiger partial charge in [-0.3, -0.25) is 0 Å². The lowest BCUT2D eigenvalue weighted by Gasteiger charge is -2.10. The number of halogens is 2. The molecule has 0 saturated carbocycles. The third kappa shape index (κ3) is 4.81. The average Bonchev–Trinajstić information content (AvgIpc) is 2.60. The van der Waals surface area contributed by atoms with E-state index in [2.05, 4.69) is 9.93 Å². The van der Waals surface area contributed by atoms with Crippen molar-refractivity contribution in [1.82, 2.24) is 4.83 Å². The van der Waals surface area contributed by atoms with Crippen molar-refractivity contribution in [3.63, 3.8) is 0 Å². The molecule has 0 aromatic heterocycles. The van der Waals surface area contributed by atoms with Gasteiger partial charge in [-0.15, -0.1) is 0 Å². The second-order valence-corrected chi connectivity index (χ2v) is 7.70. The van der Waals surface area contributed by atoms with Crippen LogP contribution in [0.25, 0.3) is 0 Å². The van der Waals surface area contributed by atoms with Gasteiger partial charge < -0.3 is 9.84 Å². The molecule has 140 valence electrons. The molecule has 6 nitrogen and oxygen atoms in total. The van der Waals surface area contributed by atoms with Crippen LogP contribution in [0.1, 0.15) is 25.8 Å². The van der Waals surface area contributed by atoms with E-state index in [9.17, 15) is 13.5 Å². The maximum absolute atomic E-state index is 12.4. The molecule has 0 atom stereocenters. The Morgan fingerprint density at radius 2 is 1.85 bits per heavy atom. The molecule has 0 spiro atoms. The first-order chi connectivity index (χ1) is 12.3. The van der Waals surface area contributed by atoms with Gasteiger partial charge in [0.15, 0.2) is 0 Å². The van der Waals surface area contributed by atoms with Crippen molar-refractivity contribution in [2.24, 2.45) is 5.10 Å². The maximum atomic E-state index is 12.4. The van der Waals surface area contributed by atoms with E-state index >= 15 is 0 Å². The summed E-state index contributed by atoms with van der Waals surface area (Å²) in [6, 6.07) is 8.82. The Labute approximate surface area is 162 Å². The van der Waals surface area contributed by atoms with E-state index in [-0.39, 0.29) is 21.2 Å². The van der Waals surface area contributed by atoms with Crippen LogP contribution in [0.5, 0.6) is 11.5 Å². The number of nitrogens with zero attached hydrogens (tertiary/aromatic N) is 1. The fourth-order valence-electron chi connectivity index (χ4n) is 2.17. The highest BCUT2D eigenvalue weighted by Gasteiger charge is 2.16. The zero-order valence-electron chi connectivity index (χ0n) is 14.2. The van der Waals surface area contributed by atoms with Gasteiger partial charge in [0.2, 0.25) is 0 Å². The van der Waals surface area contributed by atoms with Crippen LogP contribution in [-0.2, 0) is 10.0 Å². The molecule has 0 heterocycles. The van der Waals surface area contributed by atoms with Crippen LogP contribution in [0.15, 0.2) is 46.4 Å². The number of rotatable bonds is 7. The summed E-state index contributed by atoms with van der Waals surface area (Å²) in [5.41, 5.74) is 0.556. The van der Waals surface area contributed by atoms with Crippen molar-refractivity contribution in [1.29, 1.82) is 0 Å². The molecule has 0 aliphatic carbocycles. The Balaban J connectivity index is 2.30. The number of hydrogen-bond donors (Lipinski definition) is 2. The number of benzene rings is 2. The number of aromatic hydroxyl groups is 1. The molecule has 0 unspecified atom stereocenters. The number of sulfonamides is 1. The van der Waals surface area contributed by atoms with Crippen molar-refractivity contribution >= 4 is 38.9 Å². The molecule has 2 aromatic rings. The van der Waals surface area contributed by atoms with Crippen LogP contribution in [-0.4, -0.2) is 25.8 Å². The summed E-state index contributed by atoms with van der Waals surface area (Å²) in [7, 11) is -3.88. The van der Waals surface area contributed by atoms with Gasteiger partial charge in [0.25, 0.3) is 10.0 Å². The second kappa shape index (κ2) is 8.62. The quantitative estimate of drug-likeness (QED) is 0.522. The lowest BCUT2D eigenvalue weighted by atomic mass is 10.1. The van der Waals surface area contributed by atoms with E-state index in [0.717, 1.165) is 0 Å². The van der Waals surface area contributed by atoms with Gasteiger partial charge >= 0.3 is 0 Å². The fourth-order valence-corrected chi connectivity index (χ4v) is 3.49. The molecule has 0 radical (unpaired) electrons. The first kappa shape index (κ1) is 20.4. The molecular formula is C17H18Cl2N2O4S. The van der Waals surface area contributed by atoms with E-state index in [1.54, 1.807) is 19.1 Å². The minimum Gasteiger partial charge on any atom is -0.506 e. The monoisotopic (exact) mass is 416 g/mol. The summed E-state index contributed by atoms with van der Waals surface area (Å²) in [5, 5.41) is 14.4. The SMILES string of the molecule is CCOc1ccc(S(=O)(=O)N/N=C(\CC)c2cc(Cl)cc(Cl)c2O)cc1. The van der Waals surface area contributed by atoms with Crippen LogP contribution in [0.2, 0.25) is 10.0 Å². The minimum absolute atomic E-state index is 0.0357. The minimum atomic E-state index is -3.88. The molecular weight excluding hydrogens is 399 g/mol. The topological polar surface area (TPSA) is 88.0 Å². The van der Waals surface area contributed by atoms with Gasteiger partial charge in [0.05, 0.1) is 22.2 Å². The summed E-state index contributed by atoms with van der Waals surface area (Å²) in [6.07, 6.45) is 0.343. The van der Waals surface area contributed by atoms with E-state index < -0.39 is 10.0 Å². The molecule has 0 saturated heterocycles. The average molecular weight is 417 g/mol. The van der Waals surface area contributed by atoms with Crippen LogP contribution >= 0.6 is 23.2 Å². The van der Waals surface area contributed by atoms with Crippen LogP contribution in [0.4, 0.5) is 0 Å². The number of hydrogen-bond acceptors (Lipinski definition) is 5. The summed E-state index contributed by atoms with van der Waals surface area (Å²) in [4.78, 5) is 2.20. The Morgan fingerprint density at radius 1 is 1.19 bits per heavy atom. The number of phenolic OH excluding ortho intramolecular Hbond substituents is 1. The largest absolute Gasteiger partial charge is 0.506 e. The normalized spacial score (nSPS) is 12.1. The first-order valence-corrected chi connectivity index (χ1v) is 10.0. The van der Waals surface area contributed by atoms with Crippen LogP contribution in [0, 0.1) is 0 Å². The van der Waals surface area contributed by atoms with Gasteiger partial charge in [-0.25, -0.2) is 0 Å². The van der Waals surface area contributed by atoms with Gasteiger partial charge in [0.1, 0.15) is 11.5 Å². The standard InChI is InChI=1S/C17H18Cl2N2O4S/c1-3-16(14-9-11(18)10-15(19)17(14)22)20-21-26(23,24)13-7-5-12(6-8-13)25-4-2/h5-10,21-22H,3-4H2,1-2H3/b20-16+. The Morgan fingerprint density at radius 3 is 2.42 bits per heavy atom. The summed E-state index contributed by atoms with van der Waals surface area (Å²) in [5.74, 6) is 0.361. The molecule has 0 aliphatic rings. The molecule has 0 aliphatic heterocycles. The first-order valence-electron chi connectivity index (χ1n) is 7.78. The fraction of sp³-hybridized carbons (Fsp3) is 0.235. The summed E-state index contributed by atoms with van der Waals surface area (Å²) >= 11 is 11.9. The van der Waals surface area contributed by atoms with Crippen molar-refractivity contribution in [2.75, 3.05) is 6.61 Å². The van der Waals surface area contributed by atoms with E-state index in [1.807, 2.05) is 6.92 Å². The predicted molar refractivity (Wildman–Crippen MR) is 103 cm³/mol. The van der Waals surface area contributed by atoms with Crippen LogP contribution < -0.4 is 9.57 Å². The third-order valence-electron chi connectivity index (χ3n) is 3.42. The van der Waals surface area contributed by atoms with Crippen molar-refractivity contribution in [2.45, 2.75) is 25.2 Å². The van der Waals surface area contributed by atoms with Crippen molar-refractivity contribution < 1.29 is 18.3 Å². The molecule has 9 heteroatoms. The third-order valence-corrected chi connectivity index (χ3v) is 5.15. The zero-order chi connectivity index (χ0) is 19.3. The van der Waals surface area contributed by atoms with E-state index in [4.69, 9.17) is 27.9 Å². The van der Waals surface area contributed by atoms with Gasteiger partial charge in [-0.1, -0.05) is 30.1 Å². The molecule has 0 bridgehead atoms. The predicted octanol–water partition coefficient (Wildman–Crippen LogP) is 4.19. The van der Waals surface area contributed by atoms with Crippen molar-refractivity contribution in [3.8, 4) is 11.5 Å². The second-order valence-electron chi connectivity index (χ2n) is 5.19. The number of nitrogens with one attached hydrogen (secondary N) is 1. The van der Waals surface area contributed by atoms with E-state index in [0.29, 0.717) is 29.5 Å². The van der Waals surface area contributed by atoms with Crippen molar-refractivity contribution in [3.05, 3.63) is 52.0 Å². The lowest BCUT2D eigenvalue weighted by molar-refractivity contribution is 0.340. The number of phenols is 1. The Hall–Kier alpha value is -1.96. The molecule has 2 rings (SSSR count). The maximum Gasteiger partial charge on any atom is 0.276 e. The molecule has 0 fully saturated rings. The Kier molecular flexibility index (Phi) is 6.75. The van der Waals surface area contributed by atoms with Gasteiger partial charge in [-0.05, 0) is 49.7 Å². The zero-order valence-corrected chi connectivity index (χ0v) is 16.5. The van der Waals surface area contributed by atoms with Gasteiger partial charge in [0, 0.05) is 10.6 Å². The van der Waals surface area contributed by atoms with Crippen LogP contribution in [0.3, 0.4) is 0 Å². The summed E-state index contributed by atoms with van der Waals surface area (Å²) in [6.45, 7) is 4.09. The highest BCUT2D eigenvalue weighted by atomic mass is 35.5.